The molecule has 33 heavy (non-hydrogen) atoms. The summed E-state index contributed by atoms with van der Waals surface area (Å²) >= 11 is 0. The fraction of sp³-hybridized carbons (Fsp3) is 0.250. The van der Waals surface area contributed by atoms with Crippen LogP contribution in [-0.2, 0) is 19.6 Å². The quantitative estimate of drug-likeness (QED) is 0.367. The Morgan fingerprint density at radius 3 is 2.30 bits per heavy atom. The number of imide groups is 1. The van der Waals surface area contributed by atoms with Crippen LogP contribution >= 0.6 is 0 Å². The maximum Gasteiger partial charge on any atom is 0.270 e. The van der Waals surface area contributed by atoms with Gasteiger partial charge in [0.2, 0.25) is 15.9 Å². The van der Waals surface area contributed by atoms with E-state index in [2.05, 4.69) is 5.32 Å². The summed E-state index contributed by atoms with van der Waals surface area (Å²) in [5, 5.41) is 13.4. The standard InChI is InChI=1S/C20H18N4O8S/c25-18(12-23-19(26)16-6-3-14(24(28)29)11-17(16)20(23)27)21-13-1-4-15(5-2-13)33(30,31)22-7-9-32-10-8-22/h1-6,11H,7-10,12H2,(H,21,25). The average Bonchev–Trinajstić information content (AvgIpc) is 3.04. The lowest BCUT2D eigenvalue weighted by Crippen LogP contribution is -2.40. The van der Waals surface area contributed by atoms with Crippen molar-refractivity contribution in [3.8, 4) is 0 Å². The molecule has 2 heterocycles. The number of morpholine rings is 1. The van der Waals surface area contributed by atoms with Gasteiger partial charge in [-0.25, -0.2) is 8.42 Å². The van der Waals surface area contributed by atoms with Crippen LogP contribution in [0.25, 0.3) is 0 Å². The van der Waals surface area contributed by atoms with Crippen molar-refractivity contribution in [3.63, 3.8) is 0 Å². The first-order valence-corrected chi connectivity index (χ1v) is 11.2. The summed E-state index contributed by atoms with van der Waals surface area (Å²) < 4.78 is 31.8. The first-order valence-electron chi connectivity index (χ1n) is 9.81. The molecule has 2 aliphatic rings. The monoisotopic (exact) mass is 474 g/mol. The number of ether oxygens (including phenoxy) is 1. The zero-order valence-electron chi connectivity index (χ0n) is 17.1. The van der Waals surface area contributed by atoms with Crippen molar-refractivity contribution < 1.29 is 32.5 Å². The minimum Gasteiger partial charge on any atom is -0.379 e. The Hall–Kier alpha value is -3.68. The number of hydrogen-bond acceptors (Lipinski definition) is 8. The number of nitro groups is 1. The van der Waals surface area contributed by atoms with Crippen LogP contribution in [0, 0.1) is 10.1 Å². The van der Waals surface area contributed by atoms with Crippen molar-refractivity contribution in [3.05, 3.63) is 63.7 Å². The number of anilines is 1. The van der Waals surface area contributed by atoms with Gasteiger partial charge in [0, 0.05) is 30.9 Å². The summed E-state index contributed by atoms with van der Waals surface area (Å²) in [6.45, 7) is 0.541. The van der Waals surface area contributed by atoms with Gasteiger partial charge in [0.1, 0.15) is 6.54 Å². The highest BCUT2D eigenvalue weighted by Gasteiger charge is 2.37. The summed E-state index contributed by atoms with van der Waals surface area (Å²) in [6, 6.07) is 8.79. The number of fused-ring (bicyclic) bond motifs is 1. The van der Waals surface area contributed by atoms with Crippen LogP contribution in [0.4, 0.5) is 11.4 Å². The van der Waals surface area contributed by atoms with Crippen molar-refractivity contribution in [2.24, 2.45) is 0 Å². The molecule has 4 rings (SSSR count). The van der Waals surface area contributed by atoms with E-state index >= 15 is 0 Å². The fourth-order valence-corrected chi connectivity index (χ4v) is 4.93. The number of carbonyl (C=O) groups excluding carboxylic acids is 3. The maximum atomic E-state index is 12.7. The van der Waals surface area contributed by atoms with Gasteiger partial charge < -0.3 is 10.1 Å². The molecule has 12 nitrogen and oxygen atoms in total. The number of benzene rings is 2. The van der Waals surface area contributed by atoms with Gasteiger partial charge in [0.05, 0.1) is 34.2 Å². The lowest BCUT2D eigenvalue weighted by molar-refractivity contribution is -0.384. The third kappa shape index (κ3) is 4.33. The summed E-state index contributed by atoms with van der Waals surface area (Å²) in [4.78, 5) is 48.3. The Morgan fingerprint density at radius 2 is 1.67 bits per heavy atom. The van der Waals surface area contributed by atoms with E-state index in [0.717, 1.165) is 12.1 Å². The second-order valence-electron chi connectivity index (χ2n) is 7.27. The Labute approximate surface area is 187 Å². The number of carbonyl (C=O) groups is 3. The van der Waals surface area contributed by atoms with Crippen LogP contribution in [0.15, 0.2) is 47.4 Å². The smallest absolute Gasteiger partial charge is 0.270 e. The number of nitrogens with one attached hydrogen (secondary N) is 1. The van der Waals surface area contributed by atoms with Crippen molar-refractivity contribution >= 4 is 39.1 Å². The van der Waals surface area contributed by atoms with E-state index < -0.39 is 39.2 Å². The van der Waals surface area contributed by atoms with Gasteiger partial charge in [-0.2, -0.15) is 4.31 Å². The number of hydrogen-bond donors (Lipinski definition) is 1. The molecule has 1 saturated heterocycles. The predicted octanol–water partition coefficient (Wildman–Crippen LogP) is 0.850. The first kappa shape index (κ1) is 22.5. The number of nitro benzene ring substituents is 1. The minimum atomic E-state index is -3.69. The van der Waals surface area contributed by atoms with E-state index in [-0.39, 0.29) is 40.5 Å². The molecule has 2 aromatic carbocycles. The maximum absolute atomic E-state index is 12.7. The third-order valence-electron chi connectivity index (χ3n) is 5.21. The number of nitrogens with zero attached hydrogens (tertiary/aromatic N) is 3. The number of amides is 3. The highest BCUT2D eigenvalue weighted by Crippen LogP contribution is 2.27. The van der Waals surface area contributed by atoms with Crippen LogP contribution in [0.1, 0.15) is 20.7 Å². The van der Waals surface area contributed by atoms with E-state index in [1.54, 1.807) is 0 Å². The number of non-ortho nitro benzene ring substituents is 1. The molecule has 2 aliphatic heterocycles. The molecule has 13 heteroatoms. The Morgan fingerprint density at radius 1 is 1.03 bits per heavy atom. The van der Waals surface area contributed by atoms with Gasteiger partial charge in [-0.15, -0.1) is 0 Å². The van der Waals surface area contributed by atoms with Gasteiger partial charge in [0.15, 0.2) is 0 Å². The molecular formula is C20H18N4O8S. The lowest BCUT2D eigenvalue weighted by atomic mass is 10.1. The number of sulfonamides is 1. The van der Waals surface area contributed by atoms with E-state index in [0.29, 0.717) is 18.1 Å². The van der Waals surface area contributed by atoms with Crippen molar-refractivity contribution in [1.82, 2.24) is 9.21 Å². The second-order valence-corrected chi connectivity index (χ2v) is 9.21. The van der Waals surface area contributed by atoms with Crippen molar-refractivity contribution in [2.45, 2.75) is 4.90 Å². The Bertz CT molecular complexity index is 1250. The zero-order chi connectivity index (χ0) is 23.8. The zero-order valence-corrected chi connectivity index (χ0v) is 17.9. The predicted molar refractivity (Wildman–Crippen MR) is 113 cm³/mol. The highest BCUT2D eigenvalue weighted by atomic mass is 32.2. The molecule has 0 bridgehead atoms. The van der Waals surface area contributed by atoms with E-state index in [1.165, 1.54) is 34.6 Å². The molecule has 172 valence electrons. The van der Waals surface area contributed by atoms with Gasteiger partial charge in [-0.05, 0) is 30.3 Å². The van der Waals surface area contributed by atoms with Gasteiger partial charge in [0.25, 0.3) is 17.5 Å². The van der Waals surface area contributed by atoms with Gasteiger partial charge in [-0.1, -0.05) is 0 Å². The molecule has 0 aliphatic carbocycles. The highest BCUT2D eigenvalue weighted by molar-refractivity contribution is 7.89. The molecule has 2 aromatic rings. The molecular weight excluding hydrogens is 456 g/mol. The third-order valence-corrected chi connectivity index (χ3v) is 7.13. The second kappa shape index (κ2) is 8.69. The van der Waals surface area contributed by atoms with Crippen LogP contribution in [0.2, 0.25) is 0 Å². The average molecular weight is 474 g/mol. The molecule has 0 radical (unpaired) electrons. The molecule has 0 spiro atoms. The molecule has 0 atom stereocenters. The Kier molecular flexibility index (Phi) is 5.93. The van der Waals surface area contributed by atoms with E-state index in [1.807, 2.05) is 0 Å². The molecule has 3 amide bonds. The lowest BCUT2D eigenvalue weighted by Gasteiger charge is -2.26. The Balaban J connectivity index is 1.42. The van der Waals surface area contributed by atoms with Crippen LogP contribution in [-0.4, -0.2) is 73.1 Å². The van der Waals surface area contributed by atoms with Crippen LogP contribution in [0.3, 0.4) is 0 Å². The first-order chi connectivity index (χ1) is 15.7. The normalized spacial score (nSPS) is 16.5. The van der Waals surface area contributed by atoms with Crippen LogP contribution < -0.4 is 5.32 Å². The molecule has 0 unspecified atom stereocenters. The molecule has 1 N–H and O–H groups in total. The van der Waals surface area contributed by atoms with Crippen LogP contribution in [0.5, 0.6) is 0 Å². The van der Waals surface area contributed by atoms with Gasteiger partial charge >= 0.3 is 0 Å². The number of rotatable bonds is 6. The molecule has 0 saturated carbocycles. The molecule has 1 fully saturated rings. The topological polar surface area (TPSA) is 156 Å². The minimum absolute atomic E-state index is 0.0175. The van der Waals surface area contributed by atoms with Gasteiger partial charge in [-0.3, -0.25) is 29.4 Å². The summed E-state index contributed by atoms with van der Waals surface area (Å²) in [5.41, 5.74) is -0.225. The van der Waals surface area contributed by atoms with Crippen molar-refractivity contribution in [1.29, 1.82) is 0 Å². The van der Waals surface area contributed by atoms with E-state index in [4.69, 9.17) is 4.74 Å². The summed E-state index contributed by atoms with van der Waals surface area (Å²) in [6.07, 6.45) is 0. The van der Waals surface area contributed by atoms with E-state index in [9.17, 15) is 32.9 Å². The largest absolute Gasteiger partial charge is 0.379 e. The molecule has 0 aromatic heterocycles. The van der Waals surface area contributed by atoms with Crippen molar-refractivity contribution in [2.75, 3.05) is 38.2 Å². The summed E-state index contributed by atoms with van der Waals surface area (Å²) in [7, 11) is -3.69. The summed E-state index contributed by atoms with van der Waals surface area (Å²) in [5.74, 6) is -2.23. The fourth-order valence-electron chi connectivity index (χ4n) is 3.53. The SMILES string of the molecule is O=C(CN1C(=O)c2ccc([N+](=O)[O-])cc2C1=O)Nc1ccc(S(=O)(=O)N2CCOCC2)cc1.